The van der Waals surface area contributed by atoms with Gasteiger partial charge in [0, 0.05) is 39.1 Å². The number of carbonyl (C=O) groups excluding carboxylic acids is 1. The first-order valence-electron chi connectivity index (χ1n) is 7.96. The molecule has 1 aliphatic heterocycles. The highest BCUT2D eigenvalue weighted by molar-refractivity contribution is 5.96. The number of aryl methyl sites for hydroxylation is 3. The summed E-state index contributed by atoms with van der Waals surface area (Å²) in [6.07, 6.45) is 3.75. The van der Waals surface area contributed by atoms with Gasteiger partial charge in [-0.2, -0.15) is 0 Å². The van der Waals surface area contributed by atoms with Gasteiger partial charge in [0.25, 0.3) is 5.91 Å². The number of nitrogens with zero attached hydrogens (tertiary/aromatic N) is 5. The van der Waals surface area contributed by atoms with Gasteiger partial charge in [0.05, 0.1) is 11.7 Å². The fraction of sp³-hybridized carbons (Fsp3) is 0.562. The maximum absolute atomic E-state index is 12.9. The third-order valence-electron chi connectivity index (χ3n) is 4.59. The summed E-state index contributed by atoms with van der Waals surface area (Å²) in [6.45, 7) is 8.84. The van der Waals surface area contributed by atoms with Crippen LogP contribution in [0.4, 0.5) is 0 Å². The Hall–Kier alpha value is -2.15. The third-order valence-corrected chi connectivity index (χ3v) is 4.59. The largest absolute Gasteiger partial charge is 0.361 e. The van der Waals surface area contributed by atoms with Crippen LogP contribution in [0.5, 0.6) is 0 Å². The Morgan fingerprint density at radius 1 is 1.39 bits per heavy atom. The van der Waals surface area contributed by atoms with Crippen LogP contribution >= 0.6 is 0 Å². The third kappa shape index (κ3) is 2.76. The number of hydrogen-bond acceptors (Lipinski definition) is 5. The molecule has 7 heteroatoms. The van der Waals surface area contributed by atoms with Crippen LogP contribution in [0.1, 0.15) is 40.6 Å². The van der Waals surface area contributed by atoms with E-state index in [1.54, 1.807) is 13.1 Å². The van der Waals surface area contributed by atoms with Crippen LogP contribution in [0.3, 0.4) is 0 Å². The second kappa shape index (κ2) is 6.16. The van der Waals surface area contributed by atoms with E-state index in [9.17, 15) is 4.79 Å². The highest BCUT2D eigenvalue weighted by Crippen LogP contribution is 2.26. The van der Waals surface area contributed by atoms with Crippen molar-refractivity contribution >= 4 is 5.91 Å². The van der Waals surface area contributed by atoms with E-state index >= 15 is 0 Å². The quantitative estimate of drug-likeness (QED) is 0.859. The molecule has 0 bridgehead atoms. The monoisotopic (exact) mass is 317 g/mol. The van der Waals surface area contributed by atoms with Crippen LogP contribution in [0.2, 0.25) is 0 Å². The SMILES string of the molecule is CCN1CCN(C(=O)c2c(C)noc2C)CC1c1nccn1C. The van der Waals surface area contributed by atoms with Crippen LogP contribution in [0.15, 0.2) is 16.9 Å². The Bertz CT molecular complexity index is 686. The van der Waals surface area contributed by atoms with Crippen LogP contribution in [-0.2, 0) is 7.05 Å². The first-order chi connectivity index (χ1) is 11.0. The maximum atomic E-state index is 12.9. The summed E-state index contributed by atoms with van der Waals surface area (Å²) in [4.78, 5) is 21.6. The molecule has 0 aliphatic carbocycles. The highest BCUT2D eigenvalue weighted by atomic mass is 16.5. The first kappa shape index (κ1) is 15.7. The van der Waals surface area contributed by atoms with Gasteiger partial charge in [-0.15, -0.1) is 0 Å². The summed E-state index contributed by atoms with van der Waals surface area (Å²) >= 11 is 0. The summed E-state index contributed by atoms with van der Waals surface area (Å²) in [7, 11) is 1.99. The van der Waals surface area contributed by atoms with Crippen molar-refractivity contribution in [2.24, 2.45) is 7.05 Å². The number of hydrogen-bond donors (Lipinski definition) is 0. The number of piperazine rings is 1. The van der Waals surface area contributed by atoms with E-state index in [4.69, 9.17) is 4.52 Å². The average molecular weight is 317 g/mol. The molecule has 1 amide bonds. The summed E-state index contributed by atoms with van der Waals surface area (Å²) in [6, 6.07) is 0.109. The Morgan fingerprint density at radius 3 is 2.74 bits per heavy atom. The van der Waals surface area contributed by atoms with Crippen molar-refractivity contribution in [2.75, 3.05) is 26.2 Å². The topological polar surface area (TPSA) is 67.4 Å². The Labute approximate surface area is 135 Å². The van der Waals surface area contributed by atoms with E-state index in [1.165, 1.54) is 0 Å². The number of amides is 1. The molecule has 0 spiro atoms. The standard InChI is InChI=1S/C16H23N5O2/c1-5-20-8-9-21(10-13(20)15-17-6-7-19(15)4)16(22)14-11(2)18-23-12(14)3/h6-7,13H,5,8-10H2,1-4H3. The summed E-state index contributed by atoms with van der Waals surface area (Å²) in [5.74, 6) is 1.57. The molecule has 7 nitrogen and oxygen atoms in total. The van der Waals surface area contributed by atoms with Gasteiger partial charge in [-0.1, -0.05) is 12.1 Å². The molecule has 1 atom stereocenters. The van der Waals surface area contributed by atoms with Crippen molar-refractivity contribution < 1.29 is 9.32 Å². The maximum Gasteiger partial charge on any atom is 0.259 e. The molecule has 124 valence electrons. The van der Waals surface area contributed by atoms with Crippen molar-refractivity contribution in [3.8, 4) is 0 Å². The molecule has 0 aromatic carbocycles. The van der Waals surface area contributed by atoms with Crippen molar-refractivity contribution in [3.63, 3.8) is 0 Å². The van der Waals surface area contributed by atoms with E-state index in [0.717, 1.165) is 18.9 Å². The van der Waals surface area contributed by atoms with Crippen LogP contribution < -0.4 is 0 Å². The van der Waals surface area contributed by atoms with Crippen molar-refractivity contribution in [1.29, 1.82) is 0 Å². The molecule has 2 aromatic heterocycles. The van der Waals surface area contributed by atoms with E-state index in [-0.39, 0.29) is 11.9 Å². The van der Waals surface area contributed by atoms with Gasteiger partial charge in [0.1, 0.15) is 17.1 Å². The molecule has 0 N–H and O–H groups in total. The minimum absolute atomic E-state index is 0.00351. The number of aromatic nitrogens is 3. The molecule has 3 heterocycles. The highest BCUT2D eigenvalue weighted by Gasteiger charge is 2.34. The smallest absolute Gasteiger partial charge is 0.259 e. The molecule has 3 rings (SSSR count). The molecule has 0 radical (unpaired) electrons. The predicted octanol–water partition coefficient (Wildman–Crippen LogP) is 1.54. The summed E-state index contributed by atoms with van der Waals surface area (Å²) in [5.41, 5.74) is 1.24. The molecular weight excluding hydrogens is 294 g/mol. The van der Waals surface area contributed by atoms with E-state index in [0.29, 0.717) is 30.1 Å². The average Bonchev–Trinajstić information content (AvgIpc) is 3.11. The minimum Gasteiger partial charge on any atom is -0.361 e. The molecule has 23 heavy (non-hydrogen) atoms. The lowest BCUT2D eigenvalue weighted by Gasteiger charge is -2.40. The first-order valence-corrected chi connectivity index (χ1v) is 7.96. The van der Waals surface area contributed by atoms with Crippen molar-refractivity contribution in [2.45, 2.75) is 26.8 Å². The van der Waals surface area contributed by atoms with Gasteiger partial charge < -0.3 is 14.0 Å². The van der Waals surface area contributed by atoms with Gasteiger partial charge in [0.15, 0.2) is 0 Å². The van der Waals surface area contributed by atoms with E-state index < -0.39 is 0 Å². The zero-order chi connectivity index (χ0) is 16.6. The fourth-order valence-corrected chi connectivity index (χ4v) is 3.27. The molecule has 1 unspecified atom stereocenters. The summed E-state index contributed by atoms with van der Waals surface area (Å²) in [5, 5.41) is 3.90. The lowest BCUT2D eigenvalue weighted by molar-refractivity contribution is 0.0471. The molecule has 1 fully saturated rings. The normalized spacial score (nSPS) is 19.3. The lowest BCUT2D eigenvalue weighted by Crippen LogP contribution is -2.51. The zero-order valence-corrected chi connectivity index (χ0v) is 14.1. The second-order valence-corrected chi connectivity index (χ2v) is 5.99. The predicted molar refractivity (Wildman–Crippen MR) is 85.1 cm³/mol. The summed E-state index contributed by atoms with van der Waals surface area (Å²) < 4.78 is 7.17. The van der Waals surface area contributed by atoms with Gasteiger partial charge in [-0.3, -0.25) is 9.69 Å². The van der Waals surface area contributed by atoms with E-state index in [2.05, 4.69) is 22.0 Å². The molecule has 1 aliphatic rings. The van der Waals surface area contributed by atoms with Gasteiger partial charge in [0.2, 0.25) is 0 Å². The number of carbonyl (C=O) groups is 1. The van der Waals surface area contributed by atoms with Crippen LogP contribution in [0.25, 0.3) is 0 Å². The van der Waals surface area contributed by atoms with E-state index in [1.807, 2.05) is 29.6 Å². The van der Waals surface area contributed by atoms with Crippen molar-refractivity contribution in [1.82, 2.24) is 24.5 Å². The Balaban J connectivity index is 1.86. The van der Waals surface area contributed by atoms with Crippen LogP contribution in [0, 0.1) is 13.8 Å². The molecule has 0 saturated carbocycles. The molecular formula is C16H23N5O2. The minimum atomic E-state index is -0.00351. The number of imidazole rings is 1. The van der Waals surface area contributed by atoms with Crippen LogP contribution in [-0.4, -0.2) is 56.6 Å². The fourth-order valence-electron chi connectivity index (χ4n) is 3.27. The Morgan fingerprint density at radius 2 is 2.17 bits per heavy atom. The zero-order valence-electron chi connectivity index (χ0n) is 14.1. The van der Waals surface area contributed by atoms with Gasteiger partial charge >= 0.3 is 0 Å². The molecule has 1 saturated heterocycles. The Kier molecular flexibility index (Phi) is 4.21. The molecule has 2 aromatic rings. The number of rotatable bonds is 3. The lowest BCUT2D eigenvalue weighted by atomic mass is 10.1. The van der Waals surface area contributed by atoms with Gasteiger partial charge in [-0.25, -0.2) is 4.98 Å². The second-order valence-electron chi connectivity index (χ2n) is 5.99. The van der Waals surface area contributed by atoms with Gasteiger partial charge in [-0.05, 0) is 20.4 Å². The van der Waals surface area contributed by atoms with Crippen molar-refractivity contribution in [3.05, 3.63) is 35.2 Å². The number of likely N-dealkylation sites (N-methyl/N-ethyl adjacent to an activating group) is 1.